The maximum Gasteiger partial charge on any atom is 0.332 e. The lowest BCUT2D eigenvalue weighted by Gasteiger charge is -2.30. The summed E-state index contributed by atoms with van der Waals surface area (Å²) in [5, 5.41) is 19.8. The smallest absolute Gasteiger partial charge is 0.332 e. The van der Waals surface area contributed by atoms with Gasteiger partial charge in [-0.2, -0.15) is 5.26 Å². The van der Waals surface area contributed by atoms with Crippen LogP contribution in [-0.2, 0) is 0 Å². The van der Waals surface area contributed by atoms with Crippen LogP contribution in [0.2, 0.25) is 0 Å². The average Bonchev–Trinajstić information content (AvgIpc) is 2.52. The third-order valence-corrected chi connectivity index (χ3v) is 3.96. The van der Waals surface area contributed by atoms with Crippen LogP contribution in [-0.4, -0.2) is 23.1 Å². The summed E-state index contributed by atoms with van der Waals surface area (Å²) >= 11 is 0. The molecular weight excluding hydrogens is 272 g/mol. The van der Waals surface area contributed by atoms with Crippen molar-refractivity contribution in [2.24, 2.45) is 17.6 Å². The average molecular weight is 290 g/mol. The second kappa shape index (κ2) is 6.99. The Labute approximate surface area is 122 Å². The summed E-state index contributed by atoms with van der Waals surface area (Å²) in [5.41, 5.74) is 5.64. The van der Waals surface area contributed by atoms with Gasteiger partial charge < -0.3 is 10.5 Å². The molecule has 1 aliphatic carbocycles. The number of rotatable bonds is 5. The quantitative estimate of drug-likeness (QED) is 0.655. The fraction of sp³-hybridized carbons (Fsp3) is 0.571. The van der Waals surface area contributed by atoms with Gasteiger partial charge in [-0.25, -0.2) is 4.98 Å². The minimum Gasteiger partial charge on any atom is -0.473 e. The monoisotopic (exact) mass is 290 g/mol. The lowest BCUT2D eigenvalue weighted by Crippen LogP contribution is -2.30. The maximum atomic E-state index is 11.0. The van der Waals surface area contributed by atoms with Crippen LogP contribution in [0, 0.1) is 33.3 Å². The SMILES string of the molecule is N#Cc1cnc(OCC2CCCCC2CN)c([N+](=O)[O-])c1. The van der Waals surface area contributed by atoms with Gasteiger partial charge in [-0.3, -0.25) is 10.1 Å². The van der Waals surface area contributed by atoms with Gasteiger partial charge >= 0.3 is 5.69 Å². The number of aromatic nitrogens is 1. The van der Waals surface area contributed by atoms with Crippen molar-refractivity contribution >= 4 is 5.69 Å². The molecule has 0 amide bonds. The largest absolute Gasteiger partial charge is 0.473 e. The van der Waals surface area contributed by atoms with Crippen LogP contribution in [0.1, 0.15) is 31.2 Å². The first-order valence-electron chi connectivity index (χ1n) is 7.03. The van der Waals surface area contributed by atoms with Crippen LogP contribution >= 0.6 is 0 Å². The Morgan fingerprint density at radius 2 is 2.19 bits per heavy atom. The van der Waals surface area contributed by atoms with Gasteiger partial charge in [-0.1, -0.05) is 12.8 Å². The molecular formula is C14H18N4O3. The Morgan fingerprint density at radius 3 is 2.81 bits per heavy atom. The van der Waals surface area contributed by atoms with E-state index in [0.717, 1.165) is 19.3 Å². The molecule has 0 radical (unpaired) electrons. The summed E-state index contributed by atoms with van der Waals surface area (Å²) in [4.78, 5) is 14.3. The third kappa shape index (κ3) is 3.67. The highest BCUT2D eigenvalue weighted by Crippen LogP contribution is 2.31. The van der Waals surface area contributed by atoms with Crippen molar-refractivity contribution < 1.29 is 9.66 Å². The van der Waals surface area contributed by atoms with Crippen LogP contribution in [0.5, 0.6) is 5.88 Å². The van der Waals surface area contributed by atoms with Crippen LogP contribution in [0.15, 0.2) is 12.3 Å². The minimum atomic E-state index is -0.579. The van der Waals surface area contributed by atoms with E-state index >= 15 is 0 Å². The molecule has 1 saturated carbocycles. The van der Waals surface area contributed by atoms with E-state index < -0.39 is 4.92 Å². The van der Waals surface area contributed by atoms with Crippen LogP contribution in [0.3, 0.4) is 0 Å². The highest BCUT2D eigenvalue weighted by atomic mass is 16.6. The molecule has 0 aliphatic heterocycles. The Kier molecular flexibility index (Phi) is 5.06. The van der Waals surface area contributed by atoms with E-state index in [1.807, 2.05) is 6.07 Å². The van der Waals surface area contributed by atoms with E-state index in [1.54, 1.807) is 0 Å². The number of pyridine rings is 1. The molecule has 21 heavy (non-hydrogen) atoms. The van der Waals surface area contributed by atoms with Gasteiger partial charge in [0, 0.05) is 12.3 Å². The first kappa shape index (κ1) is 15.2. The first-order valence-corrected chi connectivity index (χ1v) is 7.03. The molecule has 0 saturated heterocycles. The van der Waals surface area contributed by atoms with Crippen LogP contribution in [0.4, 0.5) is 5.69 Å². The number of nitriles is 1. The van der Waals surface area contributed by atoms with Crippen LogP contribution in [0.25, 0.3) is 0 Å². The van der Waals surface area contributed by atoms with Crippen molar-refractivity contribution in [1.29, 1.82) is 5.26 Å². The lowest BCUT2D eigenvalue weighted by molar-refractivity contribution is -0.386. The first-order chi connectivity index (χ1) is 10.2. The Morgan fingerprint density at radius 1 is 1.48 bits per heavy atom. The van der Waals surface area contributed by atoms with Crippen molar-refractivity contribution in [3.8, 4) is 11.9 Å². The second-order valence-corrected chi connectivity index (χ2v) is 5.27. The Hall–Kier alpha value is -2.20. The standard InChI is InChI=1S/C14H18N4O3/c15-6-10-5-13(18(19)20)14(17-8-10)21-9-12-4-2-1-3-11(12)7-16/h5,8,11-12H,1-4,7,9,16H2. The number of hydrogen-bond acceptors (Lipinski definition) is 6. The molecule has 2 unspecified atom stereocenters. The van der Waals surface area contributed by atoms with E-state index in [-0.39, 0.29) is 17.1 Å². The summed E-state index contributed by atoms with van der Waals surface area (Å²) in [6.45, 7) is 0.985. The molecule has 0 aromatic carbocycles. The summed E-state index contributed by atoms with van der Waals surface area (Å²) in [5.74, 6) is 0.678. The number of nitrogens with two attached hydrogens (primary N) is 1. The molecule has 2 N–H and O–H groups in total. The summed E-state index contributed by atoms with van der Waals surface area (Å²) < 4.78 is 5.55. The van der Waals surface area contributed by atoms with Crippen LogP contribution < -0.4 is 10.5 Å². The molecule has 112 valence electrons. The highest BCUT2D eigenvalue weighted by molar-refractivity contribution is 5.46. The van der Waals surface area contributed by atoms with Crippen molar-refractivity contribution in [3.05, 3.63) is 27.9 Å². The van der Waals surface area contributed by atoms with Crippen molar-refractivity contribution in [2.45, 2.75) is 25.7 Å². The molecule has 1 aromatic rings. The fourth-order valence-electron chi connectivity index (χ4n) is 2.74. The van der Waals surface area contributed by atoms with Crippen molar-refractivity contribution in [2.75, 3.05) is 13.2 Å². The zero-order valence-electron chi connectivity index (χ0n) is 11.7. The highest BCUT2D eigenvalue weighted by Gasteiger charge is 2.26. The number of hydrogen-bond donors (Lipinski definition) is 1. The zero-order chi connectivity index (χ0) is 15.2. The molecule has 0 spiro atoms. The van der Waals surface area contributed by atoms with Gasteiger partial charge in [0.25, 0.3) is 5.88 Å². The molecule has 1 aliphatic rings. The number of nitro groups is 1. The Bertz CT molecular complexity index is 556. The van der Waals surface area contributed by atoms with Gasteiger partial charge in [0.1, 0.15) is 6.07 Å². The minimum absolute atomic E-state index is 0.0275. The summed E-state index contributed by atoms with van der Waals surface area (Å²) in [7, 11) is 0. The Balaban J connectivity index is 2.09. The van der Waals surface area contributed by atoms with E-state index in [2.05, 4.69) is 4.98 Å². The fourth-order valence-corrected chi connectivity index (χ4v) is 2.74. The third-order valence-electron chi connectivity index (χ3n) is 3.96. The molecule has 7 heteroatoms. The van der Waals surface area contributed by atoms with E-state index in [1.165, 1.54) is 18.7 Å². The van der Waals surface area contributed by atoms with Gasteiger partial charge in [-0.05, 0) is 31.2 Å². The predicted molar refractivity (Wildman–Crippen MR) is 75.6 cm³/mol. The molecule has 2 atom stereocenters. The summed E-state index contributed by atoms with van der Waals surface area (Å²) in [6, 6.07) is 3.02. The molecule has 1 fully saturated rings. The van der Waals surface area contributed by atoms with E-state index in [0.29, 0.717) is 25.0 Å². The normalized spacial score (nSPS) is 21.5. The predicted octanol–water partition coefficient (Wildman–Crippen LogP) is 2.01. The van der Waals surface area contributed by atoms with Gasteiger partial charge in [0.05, 0.1) is 17.1 Å². The van der Waals surface area contributed by atoms with Crippen molar-refractivity contribution in [1.82, 2.24) is 4.98 Å². The molecule has 7 nitrogen and oxygen atoms in total. The van der Waals surface area contributed by atoms with Crippen molar-refractivity contribution in [3.63, 3.8) is 0 Å². The molecule has 1 aromatic heterocycles. The summed E-state index contributed by atoms with van der Waals surface area (Å²) in [6.07, 6.45) is 5.68. The van der Waals surface area contributed by atoms with E-state index in [4.69, 9.17) is 15.7 Å². The van der Waals surface area contributed by atoms with Gasteiger partial charge in [0.15, 0.2) is 0 Å². The molecule has 1 heterocycles. The number of ether oxygens (including phenoxy) is 1. The molecule has 0 bridgehead atoms. The molecule has 2 rings (SSSR count). The van der Waals surface area contributed by atoms with Gasteiger partial charge in [-0.15, -0.1) is 0 Å². The zero-order valence-corrected chi connectivity index (χ0v) is 11.7. The number of nitrogens with zero attached hydrogens (tertiary/aromatic N) is 3. The van der Waals surface area contributed by atoms with E-state index in [9.17, 15) is 10.1 Å². The van der Waals surface area contributed by atoms with Gasteiger partial charge in [0.2, 0.25) is 0 Å². The second-order valence-electron chi connectivity index (χ2n) is 5.27. The topological polar surface area (TPSA) is 115 Å². The maximum absolute atomic E-state index is 11.0. The lowest BCUT2D eigenvalue weighted by atomic mass is 9.80.